The molecule has 1 aromatic carbocycles. The number of fused-ring (bicyclic) bond motifs is 1. The van der Waals surface area contributed by atoms with Crippen LogP contribution in [0.3, 0.4) is 0 Å². The lowest BCUT2D eigenvalue weighted by Gasteiger charge is -2.29. The number of aryl methyl sites for hydroxylation is 1. The normalized spacial score (nSPS) is 15.3. The van der Waals surface area contributed by atoms with E-state index >= 15 is 4.39 Å². The first-order valence-corrected chi connectivity index (χ1v) is 11.6. The molecule has 3 heterocycles. The molecule has 9 heteroatoms. The van der Waals surface area contributed by atoms with E-state index in [2.05, 4.69) is 4.98 Å². The van der Waals surface area contributed by atoms with E-state index in [0.717, 1.165) is 25.0 Å². The van der Waals surface area contributed by atoms with Crippen molar-refractivity contribution in [2.75, 3.05) is 18.8 Å². The van der Waals surface area contributed by atoms with Crippen LogP contribution in [0.5, 0.6) is 5.75 Å². The Balaban J connectivity index is 1.90. The van der Waals surface area contributed by atoms with E-state index in [4.69, 9.17) is 27.1 Å². The molecule has 0 aliphatic carbocycles. The maximum Gasteiger partial charge on any atom is 0.260 e. The lowest BCUT2D eigenvalue weighted by molar-refractivity contribution is 0.0712. The van der Waals surface area contributed by atoms with Crippen molar-refractivity contribution in [2.45, 2.75) is 59.0 Å². The Bertz CT molecular complexity index is 1200. The van der Waals surface area contributed by atoms with Crippen molar-refractivity contribution in [3.05, 3.63) is 51.9 Å². The summed E-state index contributed by atoms with van der Waals surface area (Å²) in [6.07, 6.45) is 5.96. The van der Waals surface area contributed by atoms with Crippen LogP contribution in [0.2, 0.25) is 5.02 Å². The first-order chi connectivity index (χ1) is 15.7. The number of ether oxygens (including phenoxy) is 1. The van der Waals surface area contributed by atoms with Gasteiger partial charge in [-0.1, -0.05) is 18.5 Å². The zero-order valence-corrected chi connectivity index (χ0v) is 20.1. The molecular formula is C24H29ClFN5O2. The largest absolute Gasteiger partial charge is 0.490 e. The number of hydrogen-bond acceptors (Lipinski definition) is 5. The highest BCUT2D eigenvalue weighted by molar-refractivity contribution is 6.31. The van der Waals surface area contributed by atoms with E-state index in [0.29, 0.717) is 35.8 Å². The van der Waals surface area contributed by atoms with E-state index in [-0.39, 0.29) is 28.4 Å². The maximum absolute atomic E-state index is 15.4. The molecule has 4 rings (SSSR count). The Kier molecular flexibility index (Phi) is 6.47. The van der Waals surface area contributed by atoms with Crippen LogP contribution in [-0.4, -0.2) is 44.4 Å². The number of nitrogens with zero attached hydrogens (tertiary/aromatic N) is 4. The van der Waals surface area contributed by atoms with Crippen molar-refractivity contribution >= 4 is 28.8 Å². The number of halogens is 2. The Morgan fingerprint density at radius 3 is 2.61 bits per heavy atom. The van der Waals surface area contributed by atoms with Crippen molar-refractivity contribution in [3.63, 3.8) is 0 Å². The van der Waals surface area contributed by atoms with Gasteiger partial charge in [0.1, 0.15) is 28.5 Å². The second kappa shape index (κ2) is 9.17. The number of piperidine rings is 1. The van der Waals surface area contributed by atoms with Gasteiger partial charge >= 0.3 is 0 Å². The van der Waals surface area contributed by atoms with Gasteiger partial charge in [-0.2, -0.15) is 0 Å². The summed E-state index contributed by atoms with van der Waals surface area (Å²) in [4.78, 5) is 24.0. The molecule has 0 saturated carbocycles. The highest BCUT2D eigenvalue weighted by Gasteiger charge is 2.32. The molecule has 33 heavy (non-hydrogen) atoms. The first kappa shape index (κ1) is 23.3. The molecule has 1 amide bonds. The van der Waals surface area contributed by atoms with Gasteiger partial charge in [0.15, 0.2) is 5.82 Å². The molecule has 1 aliphatic heterocycles. The number of benzene rings is 1. The van der Waals surface area contributed by atoms with Crippen LogP contribution in [-0.2, 0) is 0 Å². The number of carbonyl (C=O) groups is 1. The zero-order valence-electron chi connectivity index (χ0n) is 19.4. The number of imidazole rings is 1. The molecule has 3 aromatic rings. The van der Waals surface area contributed by atoms with Gasteiger partial charge in [-0.25, -0.2) is 14.4 Å². The van der Waals surface area contributed by atoms with Crippen LogP contribution < -0.4 is 10.5 Å². The molecule has 0 bridgehead atoms. The maximum atomic E-state index is 15.4. The summed E-state index contributed by atoms with van der Waals surface area (Å²) < 4.78 is 23.3. The fourth-order valence-corrected chi connectivity index (χ4v) is 4.68. The summed E-state index contributed by atoms with van der Waals surface area (Å²) in [5.41, 5.74) is 8.00. The zero-order chi connectivity index (χ0) is 23.9. The molecule has 1 saturated heterocycles. The van der Waals surface area contributed by atoms with E-state index in [1.165, 1.54) is 6.07 Å². The van der Waals surface area contributed by atoms with Gasteiger partial charge in [0.2, 0.25) is 0 Å². The average Bonchev–Trinajstić information content (AvgIpc) is 3.13. The van der Waals surface area contributed by atoms with Crippen molar-refractivity contribution in [2.24, 2.45) is 0 Å². The fourth-order valence-electron chi connectivity index (χ4n) is 4.47. The molecule has 1 atom stereocenters. The Labute approximate surface area is 197 Å². The first-order valence-electron chi connectivity index (χ1n) is 11.3. The summed E-state index contributed by atoms with van der Waals surface area (Å²) in [5, 5.41) is -0.118. The number of aromatic nitrogens is 3. The number of nitrogens with two attached hydrogens (primary N) is 1. The van der Waals surface area contributed by atoms with Gasteiger partial charge in [-0.3, -0.25) is 9.20 Å². The molecule has 0 unspecified atom stereocenters. The Morgan fingerprint density at radius 1 is 1.24 bits per heavy atom. The summed E-state index contributed by atoms with van der Waals surface area (Å²) in [6.45, 7) is 8.66. The van der Waals surface area contributed by atoms with Crippen molar-refractivity contribution in [3.8, 4) is 5.75 Å². The van der Waals surface area contributed by atoms with E-state index in [9.17, 15) is 4.79 Å². The van der Waals surface area contributed by atoms with Gasteiger partial charge in [-0.15, -0.1) is 0 Å². The van der Waals surface area contributed by atoms with Crippen molar-refractivity contribution in [1.82, 2.24) is 19.3 Å². The second-order valence-corrected chi connectivity index (χ2v) is 9.20. The van der Waals surface area contributed by atoms with Crippen LogP contribution >= 0.6 is 11.6 Å². The third kappa shape index (κ3) is 4.24. The van der Waals surface area contributed by atoms with E-state index in [1.54, 1.807) is 17.3 Å². The highest BCUT2D eigenvalue weighted by atomic mass is 35.5. The van der Waals surface area contributed by atoms with Crippen LogP contribution in [0.4, 0.5) is 10.2 Å². The predicted octanol–water partition coefficient (Wildman–Crippen LogP) is 4.98. The lowest BCUT2D eigenvalue weighted by Crippen LogP contribution is -2.36. The molecule has 176 valence electrons. The SMILES string of the molecule is Cc1nc([C@H](C)c2cc(Cl)c(F)c(C(=O)N3CCCCC3)c2OC(C)C)n2ccnc(N)c12. The highest BCUT2D eigenvalue weighted by Crippen LogP contribution is 2.40. The average molecular weight is 474 g/mol. The Morgan fingerprint density at radius 2 is 1.94 bits per heavy atom. The number of amides is 1. The van der Waals surface area contributed by atoms with E-state index < -0.39 is 11.7 Å². The van der Waals surface area contributed by atoms with Gasteiger partial charge in [0, 0.05) is 37.0 Å². The van der Waals surface area contributed by atoms with Gasteiger partial charge in [0.05, 0.1) is 16.8 Å². The molecule has 1 fully saturated rings. The van der Waals surface area contributed by atoms with E-state index in [1.807, 2.05) is 32.1 Å². The molecule has 7 nitrogen and oxygen atoms in total. The molecule has 2 aromatic heterocycles. The van der Waals surface area contributed by atoms with Crippen molar-refractivity contribution in [1.29, 1.82) is 0 Å². The standard InChI is InChI=1S/C24H29ClFN5O2/c1-13(2)33-21-16(14(3)23-29-15(4)20-22(27)28-8-11-31(20)23)12-17(25)19(26)18(21)24(32)30-9-6-5-7-10-30/h8,11-14H,5-7,9-10H2,1-4H3,(H2,27,28)/t14-/m1/s1. The number of likely N-dealkylation sites (tertiary alicyclic amines) is 1. The molecule has 0 radical (unpaired) electrons. The number of anilines is 1. The summed E-state index contributed by atoms with van der Waals surface area (Å²) in [7, 11) is 0. The Hall–Kier alpha value is -2.87. The van der Waals surface area contributed by atoms with Gasteiger partial charge in [0.25, 0.3) is 5.91 Å². The number of hydrogen-bond donors (Lipinski definition) is 1. The van der Waals surface area contributed by atoms with Crippen LogP contribution in [0, 0.1) is 12.7 Å². The summed E-state index contributed by atoms with van der Waals surface area (Å²) >= 11 is 6.33. The topological polar surface area (TPSA) is 85.8 Å². The minimum atomic E-state index is -0.753. The van der Waals surface area contributed by atoms with Gasteiger partial charge < -0.3 is 15.4 Å². The molecule has 1 aliphatic rings. The third-order valence-corrected chi connectivity index (χ3v) is 6.32. The van der Waals surface area contributed by atoms with Crippen molar-refractivity contribution < 1.29 is 13.9 Å². The number of carbonyl (C=O) groups excluding carboxylic acids is 1. The second-order valence-electron chi connectivity index (χ2n) is 8.79. The predicted molar refractivity (Wildman–Crippen MR) is 127 cm³/mol. The molecule has 0 spiro atoms. The summed E-state index contributed by atoms with van der Waals surface area (Å²) in [5.74, 6) is -0.256. The van der Waals surface area contributed by atoms with Gasteiger partial charge in [-0.05, 0) is 46.1 Å². The molecule has 2 N–H and O–H groups in total. The molecular weight excluding hydrogens is 445 g/mol. The van der Waals surface area contributed by atoms with Crippen LogP contribution in [0.1, 0.15) is 73.4 Å². The number of nitrogen functional groups attached to an aromatic ring is 1. The third-order valence-electron chi connectivity index (χ3n) is 6.05. The minimum absolute atomic E-state index is 0.112. The fraction of sp³-hybridized carbons (Fsp3) is 0.458. The van der Waals surface area contributed by atoms with Crippen LogP contribution in [0.15, 0.2) is 18.5 Å². The lowest BCUT2D eigenvalue weighted by atomic mass is 9.95. The number of rotatable bonds is 5. The smallest absolute Gasteiger partial charge is 0.260 e. The van der Waals surface area contributed by atoms with Crippen LogP contribution in [0.25, 0.3) is 5.52 Å². The minimum Gasteiger partial charge on any atom is -0.490 e. The summed E-state index contributed by atoms with van der Waals surface area (Å²) in [6, 6.07) is 1.53. The monoisotopic (exact) mass is 473 g/mol. The quantitative estimate of drug-likeness (QED) is 0.565.